The summed E-state index contributed by atoms with van der Waals surface area (Å²) in [5.41, 5.74) is 4.34. The first-order chi connectivity index (χ1) is 8.05. The van der Waals surface area contributed by atoms with Gasteiger partial charge in [-0.1, -0.05) is 6.42 Å². The maximum absolute atomic E-state index is 11.2. The fourth-order valence-electron chi connectivity index (χ4n) is 1.87. The second kappa shape index (κ2) is 4.08. The highest BCUT2D eigenvalue weighted by Crippen LogP contribution is 2.41. The Morgan fingerprint density at radius 1 is 1.65 bits per heavy atom. The van der Waals surface area contributed by atoms with Gasteiger partial charge in [0.2, 0.25) is 0 Å². The van der Waals surface area contributed by atoms with Crippen molar-refractivity contribution in [2.75, 3.05) is 17.6 Å². The van der Waals surface area contributed by atoms with Gasteiger partial charge < -0.3 is 21.1 Å². The molecule has 2 rings (SSSR count). The van der Waals surface area contributed by atoms with Gasteiger partial charge in [-0.3, -0.25) is 9.59 Å². The van der Waals surface area contributed by atoms with Crippen molar-refractivity contribution < 1.29 is 9.90 Å². The standard InChI is InChI=1S/C10H14N4O3/c11-6-7(13-5-14-8(6)15)12-4-10(9(16)17)2-1-3-10/h5H,1-4,11H2,(H,16,17)(H2,12,13,14,15). The number of carboxylic acid groups (broad SMARTS) is 1. The van der Waals surface area contributed by atoms with Crippen LogP contribution in [0, 0.1) is 5.41 Å². The number of hydrogen-bond donors (Lipinski definition) is 4. The van der Waals surface area contributed by atoms with Crippen LogP contribution in [0.5, 0.6) is 0 Å². The van der Waals surface area contributed by atoms with E-state index in [1.54, 1.807) is 0 Å². The van der Waals surface area contributed by atoms with Crippen molar-refractivity contribution in [3.63, 3.8) is 0 Å². The number of aromatic nitrogens is 2. The van der Waals surface area contributed by atoms with Crippen LogP contribution in [0.15, 0.2) is 11.1 Å². The fraction of sp³-hybridized carbons (Fsp3) is 0.500. The molecule has 0 bridgehead atoms. The zero-order valence-corrected chi connectivity index (χ0v) is 9.19. The molecule has 7 heteroatoms. The summed E-state index contributed by atoms with van der Waals surface area (Å²) in [7, 11) is 0. The lowest BCUT2D eigenvalue weighted by molar-refractivity contribution is -0.153. The molecule has 5 N–H and O–H groups in total. The Hall–Kier alpha value is -2.05. The van der Waals surface area contributed by atoms with Crippen LogP contribution in [-0.4, -0.2) is 27.6 Å². The van der Waals surface area contributed by atoms with Gasteiger partial charge >= 0.3 is 5.97 Å². The second-order valence-corrected chi connectivity index (χ2v) is 4.29. The largest absolute Gasteiger partial charge is 0.481 e. The minimum atomic E-state index is -0.820. The summed E-state index contributed by atoms with van der Waals surface area (Å²) in [5, 5.41) is 12.0. The molecule has 0 radical (unpaired) electrons. The first kappa shape index (κ1) is 11.4. The molecule has 0 unspecified atom stereocenters. The highest BCUT2D eigenvalue weighted by Gasteiger charge is 2.44. The molecule has 1 saturated carbocycles. The van der Waals surface area contributed by atoms with Gasteiger partial charge in [-0.25, -0.2) is 4.98 Å². The van der Waals surface area contributed by atoms with Crippen LogP contribution in [0.3, 0.4) is 0 Å². The van der Waals surface area contributed by atoms with E-state index in [0.29, 0.717) is 12.8 Å². The lowest BCUT2D eigenvalue weighted by atomic mass is 9.69. The van der Waals surface area contributed by atoms with Gasteiger partial charge in [-0.05, 0) is 12.8 Å². The van der Waals surface area contributed by atoms with Crippen molar-refractivity contribution in [1.82, 2.24) is 9.97 Å². The van der Waals surface area contributed by atoms with Gasteiger partial charge in [0.05, 0.1) is 11.7 Å². The number of nitrogens with two attached hydrogens (primary N) is 1. The third-order valence-corrected chi connectivity index (χ3v) is 3.25. The molecule has 1 heterocycles. The monoisotopic (exact) mass is 238 g/mol. The van der Waals surface area contributed by atoms with Gasteiger partial charge in [-0.2, -0.15) is 0 Å². The predicted molar refractivity (Wildman–Crippen MR) is 61.7 cm³/mol. The molecule has 0 aliphatic heterocycles. The maximum atomic E-state index is 11.2. The quantitative estimate of drug-likeness (QED) is 0.586. The molecule has 0 amide bonds. The summed E-state index contributed by atoms with van der Waals surface area (Å²) in [6.07, 6.45) is 3.42. The number of carbonyl (C=O) groups is 1. The maximum Gasteiger partial charge on any atom is 0.311 e. The van der Waals surface area contributed by atoms with Crippen molar-refractivity contribution in [2.45, 2.75) is 19.3 Å². The normalized spacial score (nSPS) is 17.2. The van der Waals surface area contributed by atoms with Crippen LogP contribution in [0.1, 0.15) is 19.3 Å². The number of nitrogens with zero attached hydrogens (tertiary/aromatic N) is 1. The Labute approximate surface area is 97.1 Å². The Bertz CT molecular complexity index is 493. The van der Waals surface area contributed by atoms with Crippen molar-refractivity contribution in [2.24, 2.45) is 5.41 Å². The SMILES string of the molecule is Nc1c(NCC2(C(=O)O)CCC2)nc[nH]c1=O. The molecule has 0 aromatic carbocycles. The van der Waals surface area contributed by atoms with Gasteiger partial charge in [0.25, 0.3) is 5.56 Å². The zero-order chi connectivity index (χ0) is 12.5. The van der Waals surface area contributed by atoms with Crippen molar-refractivity contribution in [3.8, 4) is 0 Å². The van der Waals surface area contributed by atoms with E-state index >= 15 is 0 Å². The van der Waals surface area contributed by atoms with E-state index < -0.39 is 16.9 Å². The lowest BCUT2D eigenvalue weighted by Gasteiger charge is -2.37. The minimum Gasteiger partial charge on any atom is -0.481 e. The van der Waals surface area contributed by atoms with Crippen molar-refractivity contribution in [1.29, 1.82) is 0 Å². The smallest absolute Gasteiger partial charge is 0.311 e. The number of aromatic amines is 1. The summed E-state index contributed by atoms with van der Waals surface area (Å²) < 4.78 is 0. The van der Waals surface area contributed by atoms with E-state index in [2.05, 4.69) is 15.3 Å². The minimum absolute atomic E-state index is 0.0210. The summed E-state index contributed by atoms with van der Waals surface area (Å²) in [6.45, 7) is 0.239. The summed E-state index contributed by atoms with van der Waals surface area (Å²) in [5.74, 6) is -0.582. The van der Waals surface area contributed by atoms with E-state index in [1.165, 1.54) is 6.33 Å². The number of hydrogen-bond acceptors (Lipinski definition) is 5. The van der Waals surface area contributed by atoms with Crippen LogP contribution in [0.25, 0.3) is 0 Å². The third-order valence-electron chi connectivity index (χ3n) is 3.25. The topological polar surface area (TPSA) is 121 Å². The van der Waals surface area contributed by atoms with Gasteiger partial charge in [-0.15, -0.1) is 0 Å². The number of rotatable bonds is 4. The first-order valence-corrected chi connectivity index (χ1v) is 5.36. The summed E-state index contributed by atoms with van der Waals surface area (Å²) >= 11 is 0. The average molecular weight is 238 g/mol. The highest BCUT2D eigenvalue weighted by molar-refractivity contribution is 5.76. The predicted octanol–water partition coefficient (Wildman–Crippen LogP) is 0.0189. The van der Waals surface area contributed by atoms with Gasteiger partial charge in [0.15, 0.2) is 5.82 Å². The third kappa shape index (κ3) is 1.95. The number of H-pyrrole nitrogens is 1. The van der Waals surface area contributed by atoms with Crippen molar-refractivity contribution in [3.05, 3.63) is 16.7 Å². The average Bonchev–Trinajstić information content (AvgIpc) is 2.22. The molecule has 7 nitrogen and oxygen atoms in total. The number of nitrogens with one attached hydrogen (secondary N) is 2. The molecule has 92 valence electrons. The zero-order valence-electron chi connectivity index (χ0n) is 9.19. The van der Waals surface area contributed by atoms with E-state index in [-0.39, 0.29) is 18.1 Å². The molecule has 0 spiro atoms. The Kier molecular flexibility index (Phi) is 2.74. The van der Waals surface area contributed by atoms with E-state index in [4.69, 9.17) is 10.8 Å². The van der Waals surface area contributed by atoms with Crippen molar-refractivity contribution >= 4 is 17.5 Å². The molecule has 1 aliphatic carbocycles. The molecular weight excluding hydrogens is 224 g/mol. The summed E-state index contributed by atoms with van der Waals surface area (Å²) in [6, 6.07) is 0. The van der Waals surface area contributed by atoms with Crippen LogP contribution in [0.2, 0.25) is 0 Å². The lowest BCUT2D eigenvalue weighted by Crippen LogP contribution is -2.44. The Morgan fingerprint density at radius 3 is 2.88 bits per heavy atom. The molecule has 0 saturated heterocycles. The fourth-order valence-corrected chi connectivity index (χ4v) is 1.87. The molecular formula is C10H14N4O3. The second-order valence-electron chi connectivity index (χ2n) is 4.29. The molecule has 17 heavy (non-hydrogen) atoms. The molecule has 1 aromatic heterocycles. The van der Waals surface area contributed by atoms with E-state index in [9.17, 15) is 9.59 Å². The summed E-state index contributed by atoms with van der Waals surface area (Å²) in [4.78, 5) is 28.5. The van der Waals surface area contributed by atoms with Crippen LogP contribution >= 0.6 is 0 Å². The Morgan fingerprint density at radius 2 is 2.35 bits per heavy atom. The molecule has 1 aromatic rings. The Balaban J connectivity index is 2.10. The highest BCUT2D eigenvalue weighted by atomic mass is 16.4. The molecule has 1 aliphatic rings. The van der Waals surface area contributed by atoms with E-state index in [0.717, 1.165) is 6.42 Å². The first-order valence-electron chi connectivity index (χ1n) is 5.36. The van der Waals surface area contributed by atoms with Crippen LogP contribution in [0.4, 0.5) is 11.5 Å². The van der Waals surface area contributed by atoms with Crippen LogP contribution in [-0.2, 0) is 4.79 Å². The number of aliphatic carboxylic acids is 1. The number of anilines is 2. The van der Waals surface area contributed by atoms with Crippen LogP contribution < -0.4 is 16.6 Å². The molecule has 1 fully saturated rings. The van der Waals surface area contributed by atoms with Gasteiger partial charge in [0, 0.05) is 6.54 Å². The number of nitrogen functional groups attached to an aromatic ring is 1. The van der Waals surface area contributed by atoms with E-state index in [1.807, 2.05) is 0 Å². The molecule has 0 atom stereocenters. The number of carboxylic acids is 1. The van der Waals surface area contributed by atoms with Gasteiger partial charge in [0.1, 0.15) is 5.69 Å².